The normalized spacial score (nSPS) is 13.6. The highest BCUT2D eigenvalue weighted by Gasteiger charge is 2.20. The van der Waals surface area contributed by atoms with Crippen molar-refractivity contribution in [1.82, 2.24) is 9.97 Å². The third-order valence-electron chi connectivity index (χ3n) is 4.20. The van der Waals surface area contributed by atoms with Gasteiger partial charge in [-0.25, -0.2) is 9.37 Å². The molecular weight excluding hydrogens is 343 g/mol. The maximum Gasteiger partial charge on any atom is 0.141 e. The van der Waals surface area contributed by atoms with Gasteiger partial charge < -0.3 is 15.5 Å². The largest absolute Gasteiger partial charge is 0.380 e. The van der Waals surface area contributed by atoms with Crippen molar-refractivity contribution in [1.29, 1.82) is 5.26 Å². The highest BCUT2D eigenvalue weighted by molar-refractivity contribution is 6.37. The minimum atomic E-state index is -0.588. The summed E-state index contributed by atoms with van der Waals surface area (Å²) in [5.74, 6) is -0.0239. The Balaban J connectivity index is 2.08. The minimum Gasteiger partial charge on any atom is -0.380 e. The Morgan fingerprint density at radius 2 is 2.12 bits per heavy atom. The van der Waals surface area contributed by atoms with E-state index >= 15 is 0 Å². The Kier molecular flexibility index (Phi) is 4.73. The van der Waals surface area contributed by atoms with E-state index in [4.69, 9.17) is 27.3 Å². The van der Waals surface area contributed by atoms with E-state index in [0.717, 1.165) is 5.52 Å². The molecule has 0 unspecified atom stereocenters. The van der Waals surface area contributed by atoms with Crippen molar-refractivity contribution in [3.8, 4) is 17.2 Å². The van der Waals surface area contributed by atoms with E-state index in [0.29, 0.717) is 27.5 Å². The van der Waals surface area contributed by atoms with Crippen LogP contribution >= 0.6 is 11.6 Å². The van der Waals surface area contributed by atoms with Crippen molar-refractivity contribution < 1.29 is 9.13 Å². The second kappa shape index (κ2) is 6.81. The molecule has 0 aliphatic heterocycles. The Bertz CT molecular complexity index is 979. The molecule has 1 heterocycles. The van der Waals surface area contributed by atoms with Crippen molar-refractivity contribution in [2.45, 2.75) is 19.1 Å². The zero-order valence-electron chi connectivity index (χ0n) is 13.7. The predicted octanol–water partition coefficient (Wildman–Crippen LogP) is 3.93. The number of imidazole rings is 1. The van der Waals surface area contributed by atoms with Crippen molar-refractivity contribution >= 4 is 22.6 Å². The molecule has 0 fully saturated rings. The van der Waals surface area contributed by atoms with Gasteiger partial charge in [0.2, 0.25) is 0 Å². The van der Waals surface area contributed by atoms with E-state index in [1.165, 1.54) is 12.1 Å². The number of nitrogens with one attached hydrogen (secondary N) is 1. The van der Waals surface area contributed by atoms with Gasteiger partial charge in [-0.2, -0.15) is 5.26 Å². The molecule has 3 N–H and O–H groups in total. The SMILES string of the molecule is CO[C@H](C)[C@H](N)c1nc2c(Cl)c(-c3ccc(C#N)c(F)c3)ccc2[nH]1. The summed E-state index contributed by atoms with van der Waals surface area (Å²) in [6.45, 7) is 1.85. The Hall–Kier alpha value is -2.46. The molecule has 0 aliphatic rings. The highest BCUT2D eigenvalue weighted by atomic mass is 35.5. The number of aromatic amines is 1. The number of nitrogens with two attached hydrogens (primary N) is 1. The molecule has 0 spiro atoms. The molecule has 0 amide bonds. The van der Waals surface area contributed by atoms with Gasteiger partial charge in [0.05, 0.1) is 28.2 Å². The number of ether oxygens (including phenoxy) is 1. The molecule has 3 rings (SSSR count). The average Bonchev–Trinajstić information content (AvgIpc) is 3.05. The third kappa shape index (κ3) is 3.10. The molecule has 0 bridgehead atoms. The summed E-state index contributed by atoms with van der Waals surface area (Å²) in [5.41, 5.74) is 8.60. The van der Waals surface area contributed by atoms with E-state index in [1.807, 2.05) is 13.0 Å². The second-order valence-electron chi connectivity index (χ2n) is 5.72. The van der Waals surface area contributed by atoms with E-state index in [1.54, 1.807) is 25.3 Å². The number of methoxy groups -OCH3 is 1. The van der Waals surface area contributed by atoms with E-state index in [9.17, 15) is 4.39 Å². The van der Waals surface area contributed by atoms with Crippen LogP contribution in [0.25, 0.3) is 22.2 Å². The van der Waals surface area contributed by atoms with E-state index in [2.05, 4.69) is 9.97 Å². The summed E-state index contributed by atoms with van der Waals surface area (Å²) in [4.78, 5) is 7.63. The van der Waals surface area contributed by atoms with Gasteiger partial charge in [-0.1, -0.05) is 23.7 Å². The zero-order valence-corrected chi connectivity index (χ0v) is 14.4. The molecule has 128 valence electrons. The minimum absolute atomic E-state index is 0.0115. The Morgan fingerprint density at radius 3 is 2.76 bits per heavy atom. The van der Waals surface area contributed by atoms with Crippen LogP contribution < -0.4 is 5.73 Å². The number of aromatic nitrogens is 2. The van der Waals surface area contributed by atoms with Crippen LogP contribution in [0.3, 0.4) is 0 Å². The van der Waals surface area contributed by atoms with Crippen LogP contribution in [0.5, 0.6) is 0 Å². The van der Waals surface area contributed by atoms with Crippen LogP contribution in [0.4, 0.5) is 4.39 Å². The summed E-state index contributed by atoms with van der Waals surface area (Å²) in [6.07, 6.45) is -0.216. The first-order valence-corrected chi connectivity index (χ1v) is 8.00. The molecule has 2 atom stereocenters. The van der Waals surface area contributed by atoms with E-state index < -0.39 is 11.9 Å². The van der Waals surface area contributed by atoms with Crippen molar-refractivity contribution in [2.75, 3.05) is 7.11 Å². The van der Waals surface area contributed by atoms with Gasteiger partial charge in [0, 0.05) is 12.7 Å². The number of H-pyrrole nitrogens is 1. The number of hydrogen-bond donors (Lipinski definition) is 2. The molecule has 0 saturated carbocycles. The Morgan fingerprint density at radius 1 is 1.36 bits per heavy atom. The van der Waals surface area contributed by atoms with Gasteiger partial charge in [0.1, 0.15) is 23.2 Å². The second-order valence-corrected chi connectivity index (χ2v) is 6.10. The average molecular weight is 359 g/mol. The van der Waals surface area contributed by atoms with Crippen molar-refractivity contribution in [3.63, 3.8) is 0 Å². The molecule has 0 aliphatic carbocycles. The van der Waals surface area contributed by atoms with Crippen LogP contribution in [0, 0.1) is 17.1 Å². The number of nitriles is 1. The Labute approximate surface area is 149 Å². The van der Waals surface area contributed by atoms with Crippen LogP contribution in [-0.4, -0.2) is 23.2 Å². The predicted molar refractivity (Wildman–Crippen MR) is 94.6 cm³/mol. The van der Waals surface area contributed by atoms with Gasteiger partial charge in [0.15, 0.2) is 0 Å². The van der Waals surface area contributed by atoms with Gasteiger partial charge in [-0.15, -0.1) is 0 Å². The first-order chi connectivity index (χ1) is 12.0. The van der Waals surface area contributed by atoms with Crippen LogP contribution in [0.15, 0.2) is 30.3 Å². The molecule has 25 heavy (non-hydrogen) atoms. The number of nitrogens with zero attached hydrogens (tertiary/aromatic N) is 2. The number of fused-ring (bicyclic) bond motifs is 1. The lowest BCUT2D eigenvalue weighted by atomic mass is 10.0. The smallest absolute Gasteiger partial charge is 0.141 e. The molecule has 0 saturated heterocycles. The highest BCUT2D eigenvalue weighted by Crippen LogP contribution is 2.34. The van der Waals surface area contributed by atoms with Crippen LogP contribution in [0.1, 0.15) is 24.4 Å². The third-order valence-corrected chi connectivity index (χ3v) is 4.59. The van der Waals surface area contributed by atoms with Crippen molar-refractivity contribution in [3.05, 3.63) is 52.6 Å². The summed E-state index contributed by atoms with van der Waals surface area (Å²) in [7, 11) is 1.58. The monoisotopic (exact) mass is 358 g/mol. The maximum atomic E-state index is 13.9. The lowest BCUT2D eigenvalue weighted by molar-refractivity contribution is 0.0935. The fraction of sp³-hybridized carbons (Fsp3) is 0.222. The zero-order chi connectivity index (χ0) is 18.1. The number of benzene rings is 2. The van der Waals surface area contributed by atoms with Gasteiger partial charge >= 0.3 is 0 Å². The maximum absolute atomic E-state index is 13.9. The van der Waals surface area contributed by atoms with E-state index in [-0.39, 0.29) is 11.7 Å². The summed E-state index contributed by atoms with van der Waals surface area (Å²) < 4.78 is 19.1. The first kappa shape index (κ1) is 17.4. The number of halogens is 2. The molecule has 3 aromatic rings. The van der Waals surface area contributed by atoms with Gasteiger partial charge in [0.25, 0.3) is 0 Å². The number of rotatable bonds is 4. The molecule has 1 aromatic heterocycles. The fourth-order valence-electron chi connectivity index (χ4n) is 2.58. The van der Waals surface area contributed by atoms with Gasteiger partial charge in [-0.05, 0) is 30.7 Å². The lowest BCUT2D eigenvalue weighted by Crippen LogP contribution is -2.26. The molecule has 5 nitrogen and oxygen atoms in total. The molecule has 7 heteroatoms. The molecular formula is C18H16ClFN4O. The summed E-state index contributed by atoms with van der Waals surface area (Å²) >= 11 is 6.49. The summed E-state index contributed by atoms with van der Waals surface area (Å²) in [6, 6.07) is 9.33. The van der Waals surface area contributed by atoms with Crippen LogP contribution in [-0.2, 0) is 4.74 Å². The van der Waals surface area contributed by atoms with Crippen molar-refractivity contribution in [2.24, 2.45) is 5.73 Å². The number of hydrogen-bond acceptors (Lipinski definition) is 4. The first-order valence-electron chi connectivity index (χ1n) is 7.62. The quantitative estimate of drug-likeness (QED) is 0.739. The standard InChI is InChI=1S/C18H16ClFN4O/c1-9(25-2)16(22)18-23-14-6-5-12(15(19)17(14)24-18)10-3-4-11(8-21)13(20)7-10/h3-7,9,16H,22H2,1-2H3,(H,23,24)/t9-,16+/m1/s1. The topological polar surface area (TPSA) is 87.7 Å². The molecule has 2 aromatic carbocycles. The summed E-state index contributed by atoms with van der Waals surface area (Å²) in [5, 5.41) is 9.23. The van der Waals surface area contributed by atoms with Gasteiger partial charge in [-0.3, -0.25) is 0 Å². The molecule has 0 radical (unpaired) electrons. The van der Waals surface area contributed by atoms with Crippen LogP contribution in [0.2, 0.25) is 5.02 Å². The fourth-order valence-corrected chi connectivity index (χ4v) is 2.90. The lowest BCUT2D eigenvalue weighted by Gasteiger charge is -2.15.